The first-order valence-electron chi connectivity index (χ1n) is 11.2. The van der Waals surface area contributed by atoms with Crippen LogP contribution in [-0.2, 0) is 11.0 Å². The number of carbonyl (C=O) groups excluding carboxylic acids is 1. The Hall–Kier alpha value is -4.26. The van der Waals surface area contributed by atoms with Gasteiger partial charge in [-0.05, 0) is 45.0 Å². The number of benzene rings is 2. The van der Waals surface area contributed by atoms with Crippen LogP contribution in [0.3, 0.4) is 0 Å². The van der Waals surface area contributed by atoms with Gasteiger partial charge in [-0.1, -0.05) is 23.5 Å². The van der Waals surface area contributed by atoms with Crippen LogP contribution in [0.5, 0.6) is 11.6 Å². The number of carboxylic acid groups (broad SMARTS) is 1. The Labute approximate surface area is 218 Å². The zero-order chi connectivity index (χ0) is 27.8. The van der Waals surface area contributed by atoms with Crippen molar-refractivity contribution in [2.24, 2.45) is 0 Å². The summed E-state index contributed by atoms with van der Waals surface area (Å²) in [5, 5.41) is 12.9. The van der Waals surface area contributed by atoms with E-state index in [9.17, 15) is 27.9 Å². The van der Waals surface area contributed by atoms with Gasteiger partial charge in [-0.3, -0.25) is 9.69 Å². The van der Waals surface area contributed by atoms with Gasteiger partial charge in [0, 0.05) is 24.1 Å². The number of thiazole rings is 1. The third kappa shape index (κ3) is 5.67. The van der Waals surface area contributed by atoms with Gasteiger partial charge in [0.2, 0.25) is 11.8 Å². The van der Waals surface area contributed by atoms with E-state index in [0.717, 1.165) is 28.1 Å². The van der Waals surface area contributed by atoms with Crippen LogP contribution in [0.4, 0.5) is 28.8 Å². The van der Waals surface area contributed by atoms with Crippen LogP contribution in [0, 0.1) is 0 Å². The lowest BCUT2D eigenvalue weighted by atomic mass is 9.99. The van der Waals surface area contributed by atoms with Gasteiger partial charge in [0.25, 0.3) is 0 Å². The molecule has 0 aliphatic heterocycles. The number of hydrogen-bond acceptors (Lipinski definition) is 7. The maximum absolute atomic E-state index is 13.5. The lowest BCUT2D eigenvalue weighted by molar-refractivity contribution is -0.137. The zero-order valence-corrected chi connectivity index (χ0v) is 21.4. The van der Waals surface area contributed by atoms with Gasteiger partial charge in [0.15, 0.2) is 10.9 Å². The molecule has 0 spiro atoms. The first kappa shape index (κ1) is 26.8. The predicted molar refractivity (Wildman–Crippen MR) is 137 cm³/mol. The SMILES string of the molecule is CC(=O)Nc1nc2c(Oc3cc(-c4ccc(C(F)(F)F)cc4N(C(=O)O)C(C)(C)C)ncn3)cccc2s1. The van der Waals surface area contributed by atoms with Crippen LogP contribution in [0.1, 0.15) is 33.3 Å². The van der Waals surface area contributed by atoms with Crippen molar-refractivity contribution >= 4 is 44.4 Å². The lowest BCUT2D eigenvalue weighted by Gasteiger charge is -2.34. The van der Waals surface area contributed by atoms with E-state index in [1.165, 1.54) is 30.4 Å². The molecule has 2 N–H and O–H groups in total. The van der Waals surface area contributed by atoms with E-state index in [4.69, 9.17) is 4.74 Å². The van der Waals surface area contributed by atoms with Crippen LogP contribution in [-0.4, -0.2) is 37.6 Å². The van der Waals surface area contributed by atoms with E-state index in [-0.39, 0.29) is 28.7 Å². The molecular formula is C25H22F3N5O4S. The Balaban J connectivity index is 1.79. The van der Waals surface area contributed by atoms with Crippen molar-refractivity contribution in [3.63, 3.8) is 0 Å². The van der Waals surface area contributed by atoms with E-state index >= 15 is 0 Å². The van der Waals surface area contributed by atoms with Crippen molar-refractivity contribution in [3.8, 4) is 22.9 Å². The van der Waals surface area contributed by atoms with Gasteiger partial charge in [-0.2, -0.15) is 13.2 Å². The Morgan fingerprint density at radius 3 is 2.45 bits per heavy atom. The highest BCUT2D eigenvalue weighted by Crippen LogP contribution is 2.40. The normalized spacial score (nSPS) is 11.9. The molecule has 2 aromatic carbocycles. The van der Waals surface area contributed by atoms with Crippen LogP contribution >= 0.6 is 11.3 Å². The summed E-state index contributed by atoms with van der Waals surface area (Å²) < 4.78 is 47.3. The van der Waals surface area contributed by atoms with E-state index in [1.807, 2.05) is 0 Å². The first-order chi connectivity index (χ1) is 17.7. The number of rotatable bonds is 5. The number of halogens is 3. The maximum Gasteiger partial charge on any atom is 0.416 e. The fraction of sp³-hybridized carbons (Fsp3) is 0.240. The number of anilines is 2. The first-order valence-corrected chi connectivity index (χ1v) is 12.0. The minimum Gasteiger partial charge on any atom is -0.465 e. The quantitative estimate of drug-likeness (QED) is 0.283. The van der Waals surface area contributed by atoms with Crippen molar-refractivity contribution in [2.75, 3.05) is 10.2 Å². The number of ether oxygens (including phenoxy) is 1. The summed E-state index contributed by atoms with van der Waals surface area (Å²) in [7, 11) is 0. The molecule has 0 radical (unpaired) electrons. The Morgan fingerprint density at radius 1 is 1.08 bits per heavy atom. The number of amides is 2. The van der Waals surface area contributed by atoms with Gasteiger partial charge in [0.1, 0.15) is 11.8 Å². The summed E-state index contributed by atoms with van der Waals surface area (Å²) in [6.07, 6.45) is -4.94. The average molecular weight is 546 g/mol. The molecule has 0 aliphatic carbocycles. The minimum atomic E-state index is -4.68. The van der Waals surface area contributed by atoms with Crippen molar-refractivity contribution in [2.45, 2.75) is 39.4 Å². The standard InChI is InChI=1S/C25H22F3N5O4S/c1-13(34)31-22-32-21-18(6-5-7-19(21)38-22)37-20-11-16(29-12-30-20)15-9-8-14(25(26,27)28)10-17(15)33(23(35)36)24(2,3)4/h5-12H,1-4H3,(H,35,36)(H,31,32,34). The summed E-state index contributed by atoms with van der Waals surface area (Å²) in [4.78, 5) is 37.1. The summed E-state index contributed by atoms with van der Waals surface area (Å²) >= 11 is 1.25. The molecule has 9 nitrogen and oxygen atoms in total. The predicted octanol–water partition coefficient (Wildman–Crippen LogP) is 6.81. The molecule has 0 atom stereocenters. The average Bonchev–Trinajstić information content (AvgIpc) is 3.20. The second-order valence-electron chi connectivity index (χ2n) is 9.17. The number of alkyl halides is 3. The van der Waals surface area contributed by atoms with Crippen molar-refractivity contribution in [1.29, 1.82) is 0 Å². The minimum absolute atomic E-state index is 0.0556. The van der Waals surface area contributed by atoms with Crippen LogP contribution < -0.4 is 15.0 Å². The van der Waals surface area contributed by atoms with E-state index < -0.39 is 23.4 Å². The Bertz CT molecular complexity index is 1530. The van der Waals surface area contributed by atoms with Gasteiger partial charge < -0.3 is 15.2 Å². The molecule has 2 aromatic heterocycles. The van der Waals surface area contributed by atoms with Gasteiger partial charge in [0.05, 0.1) is 21.6 Å². The molecule has 0 aliphatic rings. The maximum atomic E-state index is 13.5. The molecule has 0 fully saturated rings. The fourth-order valence-electron chi connectivity index (χ4n) is 3.73. The number of aromatic nitrogens is 3. The summed E-state index contributed by atoms with van der Waals surface area (Å²) in [6, 6.07) is 9.41. The second-order valence-corrected chi connectivity index (χ2v) is 10.2. The van der Waals surface area contributed by atoms with E-state index in [1.54, 1.807) is 39.0 Å². The van der Waals surface area contributed by atoms with Crippen LogP contribution in [0.25, 0.3) is 21.5 Å². The highest BCUT2D eigenvalue weighted by molar-refractivity contribution is 7.22. The molecule has 0 saturated heterocycles. The third-order valence-corrected chi connectivity index (χ3v) is 6.16. The molecule has 38 heavy (non-hydrogen) atoms. The molecule has 2 amide bonds. The summed E-state index contributed by atoms with van der Waals surface area (Å²) in [5.41, 5.74) is -1.49. The molecule has 4 rings (SSSR count). The van der Waals surface area contributed by atoms with Gasteiger partial charge in [-0.15, -0.1) is 0 Å². The monoisotopic (exact) mass is 545 g/mol. The largest absolute Gasteiger partial charge is 0.465 e. The number of nitrogens with one attached hydrogen (secondary N) is 1. The molecule has 13 heteroatoms. The zero-order valence-electron chi connectivity index (χ0n) is 20.6. The topological polar surface area (TPSA) is 118 Å². The Morgan fingerprint density at radius 2 is 1.82 bits per heavy atom. The van der Waals surface area contributed by atoms with Crippen molar-refractivity contribution in [1.82, 2.24) is 15.0 Å². The molecule has 0 saturated carbocycles. The molecule has 198 valence electrons. The summed E-state index contributed by atoms with van der Waals surface area (Å²) in [5.74, 6) is 0.111. The molecule has 2 heterocycles. The van der Waals surface area contributed by atoms with Crippen LogP contribution in [0.15, 0.2) is 48.8 Å². The number of nitrogens with zero attached hydrogens (tertiary/aromatic N) is 4. The lowest BCUT2D eigenvalue weighted by Crippen LogP contribution is -2.45. The smallest absolute Gasteiger partial charge is 0.416 e. The van der Waals surface area contributed by atoms with Gasteiger partial charge in [-0.25, -0.2) is 19.7 Å². The van der Waals surface area contributed by atoms with E-state index in [2.05, 4.69) is 20.3 Å². The van der Waals surface area contributed by atoms with E-state index in [0.29, 0.717) is 16.4 Å². The van der Waals surface area contributed by atoms with Gasteiger partial charge >= 0.3 is 12.3 Å². The van der Waals surface area contributed by atoms with Crippen molar-refractivity contribution < 1.29 is 32.6 Å². The number of para-hydroxylation sites is 1. The molecule has 4 aromatic rings. The number of hydrogen-bond donors (Lipinski definition) is 2. The van der Waals surface area contributed by atoms with Crippen molar-refractivity contribution in [3.05, 3.63) is 54.4 Å². The highest BCUT2D eigenvalue weighted by Gasteiger charge is 2.35. The molecule has 0 unspecified atom stereocenters. The number of carbonyl (C=O) groups is 2. The Kier molecular flexibility index (Phi) is 6.98. The molecule has 0 bridgehead atoms. The highest BCUT2D eigenvalue weighted by atomic mass is 32.1. The summed E-state index contributed by atoms with van der Waals surface area (Å²) in [6.45, 7) is 6.09. The fourth-order valence-corrected chi connectivity index (χ4v) is 4.66. The van der Waals surface area contributed by atoms with Crippen LogP contribution in [0.2, 0.25) is 0 Å². The number of fused-ring (bicyclic) bond motifs is 1. The third-order valence-electron chi connectivity index (χ3n) is 5.23. The molecular weight excluding hydrogens is 523 g/mol. The second kappa shape index (κ2) is 9.89.